The molecule has 2 rings (SSSR count). The summed E-state index contributed by atoms with van der Waals surface area (Å²) >= 11 is 0. The van der Waals surface area contributed by atoms with E-state index in [-0.39, 0.29) is 5.78 Å². The van der Waals surface area contributed by atoms with Crippen LogP contribution in [0.5, 0.6) is 0 Å². The van der Waals surface area contributed by atoms with Gasteiger partial charge in [-0.2, -0.15) is 10.2 Å². The Hall–Kier alpha value is -1.91. The molecule has 5 heteroatoms. The molecule has 0 spiro atoms. The van der Waals surface area contributed by atoms with Gasteiger partial charge in [0.1, 0.15) is 0 Å². The molecule has 2 aromatic rings. The van der Waals surface area contributed by atoms with Crippen molar-refractivity contribution in [1.29, 1.82) is 0 Å². The number of aromatic nitrogens is 4. The maximum atomic E-state index is 12.3. The molecule has 17 heavy (non-hydrogen) atoms. The van der Waals surface area contributed by atoms with Crippen LogP contribution in [0.25, 0.3) is 0 Å². The highest BCUT2D eigenvalue weighted by molar-refractivity contribution is 6.09. The quantitative estimate of drug-likeness (QED) is 0.749. The Morgan fingerprint density at radius 1 is 1.35 bits per heavy atom. The molecule has 0 aliphatic rings. The molecule has 2 heterocycles. The highest BCUT2D eigenvalue weighted by Gasteiger charge is 2.17. The van der Waals surface area contributed by atoms with Gasteiger partial charge in [0.05, 0.1) is 23.0 Å². The second kappa shape index (κ2) is 4.53. The third kappa shape index (κ3) is 2.13. The molecule has 0 amide bonds. The van der Waals surface area contributed by atoms with E-state index < -0.39 is 0 Å². The number of carbonyl (C=O) groups excluding carboxylic acids is 1. The Balaban J connectivity index is 2.36. The van der Waals surface area contributed by atoms with Crippen molar-refractivity contribution in [2.75, 3.05) is 0 Å². The van der Waals surface area contributed by atoms with E-state index in [1.807, 2.05) is 20.9 Å². The van der Waals surface area contributed by atoms with E-state index in [1.165, 1.54) is 0 Å². The average Bonchev–Trinajstić information content (AvgIpc) is 2.93. The lowest BCUT2D eigenvalue weighted by atomic mass is 10.1. The van der Waals surface area contributed by atoms with Crippen molar-refractivity contribution in [2.24, 2.45) is 7.05 Å². The van der Waals surface area contributed by atoms with Gasteiger partial charge in [-0.3, -0.25) is 14.2 Å². The molecule has 0 aliphatic heterocycles. The van der Waals surface area contributed by atoms with Crippen molar-refractivity contribution in [2.45, 2.75) is 26.8 Å². The molecule has 2 aromatic heterocycles. The van der Waals surface area contributed by atoms with Gasteiger partial charge in [0.25, 0.3) is 0 Å². The fourth-order valence-electron chi connectivity index (χ4n) is 1.79. The van der Waals surface area contributed by atoms with Crippen LogP contribution >= 0.6 is 0 Å². The van der Waals surface area contributed by atoms with Gasteiger partial charge in [0.15, 0.2) is 5.78 Å². The van der Waals surface area contributed by atoms with Crippen LogP contribution in [0.3, 0.4) is 0 Å². The van der Waals surface area contributed by atoms with Crippen molar-refractivity contribution in [3.63, 3.8) is 0 Å². The Morgan fingerprint density at radius 2 is 2.12 bits per heavy atom. The summed E-state index contributed by atoms with van der Waals surface area (Å²) < 4.78 is 3.42. The van der Waals surface area contributed by atoms with Crippen LogP contribution < -0.4 is 0 Å². The standard InChI is InChI=1S/C12H16N4O/c1-4-11-10(8-15(3)14-11)12(17)9-6-13-16(5-2)7-9/h6-8H,4-5H2,1-3H3. The highest BCUT2D eigenvalue weighted by Crippen LogP contribution is 2.13. The molecule has 0 bridgehead atoms. The van der Waals surface area contributed by atoms with Crippen LogP contribution in [0, 0.1) is 0 Å². The predicted octanol–water partition coefficient (Wildman–Crippen LogP) is 1.43. The first-order valence-corrected chi connectivity index (χ1v) is 5.75. The third-order valence-corrected chi connectivity index (χ3v) is 2.70. The first-order valence-electron chi connectivity index (χ1n) is 5.75. The SMILES string of the molecule is CCc1nn(C)cc1C(=O)c1cnn(CC)c1. The zero-order chi connectivity index (χ0) is 12.4. The summed E-state index contributed by atoms with van der Waals surface area (Å²) in [6.45, 7) is 4.75. The zero-order valence-electron chi connectivity index (χ0n) is 10.3. The molecule has 0 aliphatic carbocycles. The van der Waals surface area contributed by atoms with Gasteiger partial charge in [0, 0.05) is 26.0 Å². The number of rotatable bonds is 4. The molecule has 90 valence electrons. The molecule has 0 N–H and O–H groups in total. The second-order valence-corrected chi connectivity index (χ2v) is 3.93. The summed E-state index contributed by atoms with van der Waals surface area (Å²) in [5, 5.41) is 8.38. The second-order valence-electron chi connectivity index (χ2n) is 3.93. The molecule has 0 unspecified atom stereocenters. The van der Waals surface area contributed by atoms with Crippen molar-refractivity contribution in [3.8, 4) is 0 Å². The Kier molecular flexibility index (Phi) is 3.08. The summed E-state index contributed by atoms with van der Waals surface area (Å²) in [5.74, 6) is -0.00495. The minimum absolute atomic E-state index is 0.00495. The van der Waals surface area contributed by atoms with Crippen molar-refractivity contribution < 1.29 is 4.79 Å². The van der Waals surface area contributed by atoms with Crippen LogP contribution in [0.15, 0.2) is 18.6 Å². The topological polar surface area (TPSA) is 52.7 Å². The Morgan fingerprint density at radius 3 is 2.71 bits per heavy atom. The van der Waals surface area contributed by atoms with Crippen molar-refractivity contribution >= 4 is 5.78 Å². The minimum atomic E-state index is -0.00495. The molecule has 0 saturated carbocycles. The monoisotopic (exact) mass is 232 g/mol. The van der Waals surface area contributed by atoms with Crippen LogP contribution in [0.4, 0.5) is 0 Å². The minimum Gasteiger partial charge on any atom is -0.288 e. The average molecular weight is 232 g/mol. The summed E-state index contributed by atoms with van der Waals surface area (Å²) in [7, 11) is 1.82. The van der Waals surface area contributed by atoms with Crippen LogP contribution in [0.2, 0.25) is 0 Å². The van der Waals surface area contributed by atoms with E-state index >= 15 is 0 Å². The number of nitrogens with zero attached hydrogens (tertiary/aromatic N) is 4. The molecule has 0 aromatic carbocycles. The van der Waals surface area contributed by atoms with E-state index in [1.54, 1.807) is 28.0 Å². The largest absolute Gasteiger partial charge is 0.288 e. The lowest BCUT2D eigenvalue weighted by Gasteiger charge is -1.96. The van der Waals surface area contributed by atoms with Gasteiger partial charge in [-0.05, 0) is 13.3 Å². The first kappa shape index (κ1) is 11.6. The molecule has 5 nitrogen and oxygen atoms in total. The van der Waals surface area contributed by atoms with Crippen LogP contribution in [0.1, 0.15) is 35.5 Å². The van der Waals surface area contributed by atoms with Crippen molar-refractivity contribution in [3.05, 3.63) is 35.4 Å². The summed E-state index contributed by atoms with van der Waals surface area (Å²) in [6.07, 6.45) is 5.90. The van der Waals surface area contributed by atoms with E-state index in [0.29, 0.717) is 11.1 Å². The fourth-order valence-corrected chi connectivity index (χ4v) is 1.79. The highest BCUT2D eigenvalue weighted by atomic mass is 16.1. The normalized spacial score (nSPS) is 10.8. The predicted molar refractivity (Wildman–Crippen MR) is 63.9 cm³/mol. The Bertz CT molecular complexity index is 538. The molecule has 0 radical (unpaired) electrons. The number of aryl methyl sites for hydroxylation is 3. The number of hydrogen-bond acceptors (Lipinski definition) is 3. The molecule has 0 atom stereocenters. The maximum absolute atomic E-state index is 12.3. The van der Waals surface area contributed by atoms with E-state index in [9.17, 15) is 4.79 Å². The Labute approximate surface area is 100 Å². The van der Waals surface area contributed by atoms with Gasteiger partial charge in [-0.25, -0.2) is 0 Å². The van der Waals surface area contributed by atoms with E-state index in [2.05, 4.69) is 10.2 Å². The number of carbonyl (C=O) groups is 1. The van der Waals surface area contributed by atoms with Gasteiger partial charge >= 0.3 is 0 Å². The zero-order valence-corrected chi connectivity index (χ0v) is 10.3. The van der Waals surface area contributed by atoms with E-state index in [0.717, 1.165) is 18.7 Å². The van der Waals surface area contributed by atoms with Gasteiger partial charge in [-0.15, -0.1) is 0 Å². The summed E-state index contributed by atoms with van der Waals surface area (Å²) in [4.78, 5) is 12.3. The lowest BCUT2D eigenvalue weighted by Crippen LogP contribution is -2.02. The van der Waals surface area contributed by atoms with Crippen LogP contribution in [-0.2, 0) is 20.0 Å². The van der Waals surface area contributed by atoms with Gasteiger partial charge < -0.3 is 0 Å². The molecular weight excluding hydrogens is 216 g/mol. The smallest absolute Gasteiger partial charge is 0.199 e. The number of hydrogen-bond donors (Lipinski definition) is 0. The van der Waals surface area contributed by atoms with Gasteiger partial charge in [-0.1, -0.05) is 6.92 Å². The maximum Gasteiger partial charge on any atom is 0.199 e. The van der Waals surface area contributed by atoms with Gasteiger partial charge in [0.2, 0.25) is 0 Å². The number of ketones is 1. The van der Waals surface area contributed by atoms with Crippen LogP contribution in [-0.4, -0.2) is 25.3 Å². The first-order chi connectivity index (χ1) is 8.15. The molecule has 0 saturated heterocycles. The summed E-state index contributed by atoms with van der Waals surface area (Å²) in [5.41, 5.74) is 2.13. The third-order valence-electron chi connectivity index (χ3n) is 2.70. The van der Waals surface area contributed by atoms with Crippen molar-refractivity contribution in [1.82, 2.24) is 19.6 Å². The summed E-state index contributed by atoms with van der Waals surface area (Å²) in [6, 6.07) is 0. The molecule has 0 fully saturated rings. The fraction of sp³-hybridized carbons (Fsp3) is 0.417. The lowest BCUT2D eigenvalue weighted by molar-refractivity contribution is 0.103. The molecular formula is C12H16N4O. The van der Waals surface area contributed by atoms with E-state index in [4.69, 9.17) is 0 Å².